The standard InChI is InChI=1S/C14H24N4/c1-4-7-15-14-16-12(2)10-18(14)11-13-5-8-17(3)9-6-13/h4,10,13H,1,5-9,11H2,2-3H3,(H,15,16). The van der Waals surface area contributed by atoms with E-state index in [2.05, 4.69) is 39.6 Å². The molecule has 0 spiro atoms. The molecule has 1 N–H and O–H groups in total. The number of aryl methyl sites for hydroxylation is 1. The molecule has 0 amide bonds. The van der Waals surface area contributed by atoms with Crippen molar-refractivity contribution in [2.24, 2.45) is 5.92 Å². The van der Waals surface area contributed by atoms with Crippen molar-refractivity contribution in [1.29, 1.82) is 0 Å². The van der Waals surface area contributed by atoms with E-state index >= 15 is 0 Å². The molecule has 1 aliphatic rings. The third kappa shape index (κ3) is 3.35. The lowest BCUT2D eigenvalue weighted by Gasteiger charge is -2.29. The summed E-state index contributed by atoms with van der Waals surface area (Å²) in [6.07, 6.45) is 6.58. The number of hydrogen-bond acceptors (Lipinski definition) is 3. The van der Waals surface area contributed by atoms with Gasteiger partial charge < -0.3 is 14.8 Å². The first kappa shape index (κ1) is 13.1. The van der Waals surface area contributed by atoms with E-state index in [1.54, 1.807) is 0 Å². The molecule has 2 rings (SSSR count). The lowest BCUT2D eigenvalue weighted by Crippen LogP contribution is -2.32. The van der Waals surface area contributed by atoms with Crippen LogP contribution in [-0.4, -0.2) is 41.1 Å². The lowest BCUT2D eigenvalue weighted by molar-refractivity contribution is 0.205. The van der Waals surface area contributed by atoms with Gasteiger partial charge in [0.25, 0.3) is 0 Å². The molecule has 1 fully saturated rings. The van der Waals surface area contributed by atoms with Crippen LogP contribution in [0.5, 0.6) is 0 Å². The first-order chi connectivity index (χ1) is 8.69. The van der Waals surface area contributed by atoms with Crippen LogP contribution in [0.4, 0.5) is 5.95 Å². The molecule has 100 valence electrons. The molecule has 0 atom stereocenters. The Hall–Kier alpha value is -1.29. The van der Waals surface area contributed by atoms with E-state index in [1.807, 2.05) is 13.0 Å². The van der Waals surface area contributed by atoms with E-state index in [-0.39, 0.29) is 0 Å². The highest BCUT2D eigenvalue weighted by Gasteiger charge is 2.18. The van der Waals surface area contributed by atoms with Gasteiger partial charge in [-0.3, -0.25) is 0 Å². The van der Waals surface area contributed by atoms with Gasteiger partial charge in [0.2, 0.25) is 5.95 Å². The number of nitrogens with zero attached hydrogens (tertiary/aromatic N) is 3. The van der Waals surface area contributed by atoms with E-state index in [4.69, 9.17) is 0 Å². The van der Waals surface area contributed by atoms with Gasteiger partial charge in [-0.2, -0.15) is 0 Å². The Bertz CT molecular complexity index is 388. The molecule has 0 bridgehead atoms. The van der Waals surface area contributed by atoms with E-state index in [1.165, 1.54) is 25.9 Å². The van der Waals surface area contributed by atoms with Gasteiger partial charge in [0.05, 0.1) is 5.69 Å². The fourth-order valence-electron chi connectivity index (χ4n) is 2.51. The van der Waals surface area contributed by atoms with Crippen LogP contribution in [0.15, 0.2) is 18.9 Å². The third-order valence-corrected chi connectivity index (χ3v) is 3.59. The molecule has 0 aliphatic carbocycles. The van der Waals surface area contributed by atoms with Gasteiger partial charge in [0.15, 0.2) is 0 Å². The zero-order valence-corrected chi connectivity index (χ0v) is 11.5. The summed E-state index contributed by atoms with van der Waals surface area (Å²) in [5.41, 5.74) is 1.08. The first-order valence-corrected chi connectivity index (χ1v) is 6.76. The molecule has 4 heteroatoms. The molecule has 4 nitrogen and oxygen atoms in total. The van der Waals surface area contributed by atoms with Crippen molar-refractivity contribution in [3.8, 4) is 0 Å². The number of piperidine rings is 1. The number of nitrogens with one attached hydrogen (secondary N) is 1. The number of hydrogen-bond donors (Lipinski definition) is 1. The van der Waals surface area contributed by atoms with Gasteiger partial charge in [-0.05, 0) is 45.8 Å². The first-order valence-electron chi connectivity index (χ1n) is 6.76. The van der Waals surface area contributed by atoms with Crippen LogP contribution < -0.4 is 5.32 Å². The molecule has 1 aliphatic heterocycles. The molecule has 1 saturated heterocycles. The van der Waals surface area contributed by atoms with E-state index < -0.39 is 0 Å². The van der Waals surface area contributed by atoms with E-state index in [0.717, 1.165) is 30.6 Å². The van der Waals surface area contributed by atoms with Gasteiger partial charge in [0.1, 0.15) is 0 Å². The predicted octanol–water partition coefficient (Wildman–Crippen LogP) is 2.13. The maximum atomic E-state index is 4.52. The zero-order chi connectivity index (χ0) is 13.0. The van der Waals surface area contributed by atoms with Crippen LogP contribution >= 0.6 is 0 Å². The predicted molar refractivity (Wildman–Crippen MR) is 75.9 cm³/mol. The summed E-state index contributed by atoms with van der Waals surface area (Å²) in [6, 6.07) is 0. The summed E-state index contributed by atoms with van der Waals surface area (Å²) in [5, 5.41) is 3.31. The Balaban J connectivity index is 1.97. The number of aromatic nitrogens is 2. The van der Waals surface area contributed by atoms with Crippen LogP contribution in [0, 0.1) is 12.8 Å². The SMILES string of the molecule is C=CCNc1nc(C)cn1CC1CCN(C)CC1. The third-order valence-electron chi connectivity index (χ3n) is 3.59. The van der Waals surface area contributed by atoms with Crippen LogP contribution in [-0.2, 0) is 6.54 Å². The Kier molecular flexibility index (Phi) is 4.42. The highest BCUT2D eigenvalue weighted by Crippen LogP contribution is 2.20. The van der Waals surface area contributed by atoms with E-state index in [0.29, 0.717) is 0 Å². The number of anilines is 1. The molecule has 0 aromatic carbocycles. The molecule has 1 aromatic heterocycles. The highest BCUT2D eigenvalue weighted by atomic mass is 15.2. The average molecular weight is 248 g/mol. The minimum atomic E-state index is 0.768. The maximum absolute atomic E-state index is 4.52. The van der Waals surface area contributed by atoms with Crippen molar-refractivity contribution in [3.63, 3.8) is 0 Å². The van der Waals surface area contributed by atoms with Crippen molar-refractivity contribution in [3.05, 3.63) is 24.5 Å². The Morgan fingerprint density at radius 2 is 2.22 bits per heavy atom. The van der Waals surface area contributed by atoms with Gasteiger partial charge >= 0.3 is 0 Å². The second-order valence-corrected chi connectivity index (χ2v) is 5.27. The normalized spacial score (nSPS) is 17.9. The molecule has 0 saturated carbocycles. The van der Waals surface area contributed by atoms with Crippen LogP contribution in [0.1, 0.15) is 18.5 Å². The second-order valence-electron chi connectivity index (χ2n) is 5.27. The fourth-order valence-corrected chi connectivity index (χ4v) is 2.51. The van der Waals surface area contributed by atoms with Crippen molar-refractivity contribution < 1.29 is 0 Å². The molecule has 1 aromatic rings. The number of rotatable bonds is 5. The van der Waals surface area contributed by atoms with Gasteiger partial charge in [0, 0.05) is 19.3 Å². The molecule has 18 heavy (non-hydrogen) atoms. The summed E-state index contributed by atoms with van der Waals surface area (Å²) in [4.78, 5) is 6.93. The second kappa shape index (κ2) is 6.05. The summed E-state index contributed by atoms with van der Waals surface area (Å²) < 4.78 is 2.26. The fraction of sp³-hybridized carbons (Fsp3) is 0.643. The molecular formula is C14H24N4. The summed E-state index contributed by atoms with van der Waals surface area (Å²) in [6.45, 7) is 10.1. The Morgan fingerprint density at radius 3 is 2.89 bits per heavy atom. The topological polar surface area (TPSA) is 33.1 Å². The summed E-state index contributed by atoms with van der Waals surface area (Å²) in [7, 11) is 2.20. The molecule has 0 radical (unpaired) electrons. The van der Waals surface area contributed by atoms with Crippen molar-refractivity contribution >= 4 is 5.95 Å². The average Bonchev–Trinajstić information content (AvgIpc) is 2.70. The molecular weight excluding hydrogens is 224 g/mol. The van der Waals surface area contributed by atoms with Gasteiger partial charge in [-0.15, -0.1) is 6.58 Å². The van der Waals surface area contributed by atoms with E-state index in [9.17, 15) is 0 Å². The van der Waals surface area contributed by atoms with Crippen molar-refractivity contribution in [2.75, 3.05) is 32.0 Å². The summed E-state index contributed by atoms with van der Waals surface area (Å²) in [5.74, 6) is 1.76. The minimum absolute atomic E-state index is 0.768. The lowest BCUT2D eigenvalue weighted by atomic mass is 9.97. The molecule has 0 unspecified atom stereocenters. The number of likely N-dealkylation sites (tertiary alicyclic amines) is 1. The maximum Gasteiger partial charge on any atom is 0.203 e. The quantitative estimate of drug-likeness (QED) is 0.810. The Labute approximate surface area is 110 Å². The van der Waals surface area contributed by atoms with Crippen LogP contribution in [0.2, 0.25) is 0 Å². The smallest absolute Gasteiger partial charge is 0.203 e. The highest BCUT2D eigenvalue weighted by molar-refractivity contribution is 5.29. The monoisotopic (exact) mass is 248 g/mol. The largest absolute Gasteiger partial charge is 0.352 e. The minimum Gasteiger partial charge on any atom is -0.352 e. The number of imidazole rings is 1. The van der Waals surface area contributed by atoms with Crippen molar-refractivity contribution in [1.82, 2.24) is 14.5 Å². The zero-order valence-electron chi connectivity index (χ0n) is 11.5. The van der Waals surface area contributed by atoms with Gasteiger partial charge in [-0.1, -0.05) is 6.08 Å². The van der Waals surface area contributed by atoms with Crippen molar-refractivity contribution in [2.45, 2.75) is 26.3 Å². The Morgan fingerprint density at radius 1 is 1.50 bits per heavy atom. The summed E-state index contributed by atoms with van der Waals surface area (Å²) >= 11 is 0. The van der Waals surface area contributed by atoms with Crippen LogP contribution in [0.25, 0.3) is 0 Å². The molecule has 2 heterocycles. The van der Waals surface area contributed by atoms with Crippen LogP contribution in [0.3, 0.4) is 0 Å². The van der Waals surface area contributed by atoms with Gasteiger partial charge in [-0.25, -0.2) is 4.98 Å².